The first-order chi connectivity index (χ1) is 5.66. The smallest absolute Gasteiger partial charge is 0.192 e. The fourth-order valence-corrected chi connectivity index (χ4v) is 1.13. The second kappa shape index (κ2) is 2.20. The van der Waals surface area contributed by atoms with Crippen molar-refractivity contribution in [1.82, 2.24) is 4.98 Å². The van der Waals surface area contributed by atoms with E-state index in [0.29, 0.717) is 17.0 Å². The lowest BCUT2D eigenvalue weighted by Gasteiger charge is -1.92. The molecule has 1 heterocycles. The van der Waals surface area contributed by atoms with E-state index in [1.165, 1.54) is 12.1 Å². The quantitative estimate of drug-likeness (QED) is 0.607. The van der Waals surface area contributed by atoms with Gasteiger partial charge in [-0.15, -0.1) is 0 Å². The number of hydrogen-bond donors (Lipinski definition) is 1. The third-order valence-corrected chi connectivity index (χ3v) is 1.59. The summed E-state index contributed by atoms with van der Waals surface area (Å²) in [7, 11) is 0. The summed E-state index contributed by atoms with van der Waals surface area (Å²) in [6.45, 7) is 1.69. The van der Waals surface area contributed by atoms with E-state index in [2.05, 4.69) is 4.98 Å². The average Bonchev–Trinajstić information content (AvgIpc) is 2.29. The summed E-state index contributed by atoms with van der Waals surface area (Å²) in [5.41, 5.74) is 6.70. The van der Waals surface area contributed by atoms with Crippen LogP contribution in [0.15, 0.2) is 16.5 Å². The lowest BCUT2D eigenvalue weighted by atomic mass is 10.3. The van der Waals surface area contributed by atoms with Crippen LogP contribution in [-0.2, 0) is 0 Å². The van der Waals surface area contributed by atoms with Crippen LogP contribution in [-0.4, -0.2) is 4.98 Å². The van der Waals surface area contributed by atoms with Gasteiger partial charge in [-0.25, -0.2) is 9.37 Å². The van der Waals surface area contributed by atoms with Crippen LogP contribution in [0.1, 0.15) is 5.89 Å². The predicted octanol–water partition coefficient (Wildman–Crippen LogP) is 1.86. The van der Waals surface area contributed by atoms with Gasteiger partial charge in [0.1, 0.15) is 11.3 Å². The molecule has 2 aromatic rings. The molecule has 4 heteroatoms. The highest BCUT2D eigenvalue weighted by Crippen LogP contribution is 2.22. The molecular weight excluding hydrogens is 159 g/mol. The largest absolute Gasteiger partial charge is 0.439 e. The van der Waals surface area contributed by atoms with Crippen LogP contribution in [0.2, 0.25) is 0 Å². The molecule has 3 nitrogen and oxygen atoms in total. The highest BCUT2D eigenvalue weighted by atomic mass is 19.1. The van der Waals surface area contributed by atoms with Gasteiger partial charge in [-0.3, -0.25) is 0 Å². The van der Waals surface area contributed by atoms with Gasteiger partial charge >= 0.3 is 0 Å². The van der Waals surface area contributed by atoms with E-state index in [4.69, 9.17) is 10.2 Å². The summed E-state index contributed by atoms with van der Waals surface area (Å²) in [5.74, 6) is 0.0931. The van der Waals surface area contributed by atoms with Gasteiger partial charge in [-0.1, -0.05) is 0 Å². The first-order valence-corrected chi connectivity index (χ1v) is 3.49. The molecule has 0 aliphatic carbocycles. The fraction of sp³-hybridized carbons (Fsp3) is 0.125. The molecule has 2 rings (SSSR count). The van der Waals surface area contributed by atoms with Crippen LogP contribution >= 0.6 is 0 Å². The van der Waals surface area contributed by atoms with E-state index >= 15 is 0 Å². The zero-order valence-corrected chi connectivity index (χ0v) is 6.47. The number of benzene rings is 1. The second-order valence-corrected chi connectivity index (χ2v) is 2.58. The monoisotopic (exact) mass is 166 g/mol. The molecule has 0 amide bonds. The molecule has 0 radical (unpaired) electrons. The standard InChI is InChI=1S/C8H7FN2O/c1-4-11-7-3-5(9)2-6(10)8(7)12-4/h2-3H,10H2,1H3. The maximum absolute atomic E-state index is 12.7. The summed E-state index contributed by atoms with van der Waals surface area (Å²) in [6.07, 6.45) is 0. The van der Waals surface area contributed by atoms with Crippen LogP contribution in [0.4, 0.5) is 10.1 Å². The number of nitrogens with zero attached hydrogens (tertiary/aromatic N) is 1. The SMILES string of the molecule is Cc1nc2cc(F)cc(N)c2o1. The zero-order valence-electron chi connectivity index (χ0n) is 6.47. The maximum atomic E-state index is 12.7. The van der Waals surface area contributed by atoms with Gasteiger partial charge in [-0.05, 0) is 0 Å². The summed E-state index contributed by atoms with van der Waals surface area (Å²) < 4.78 is 17.9. The molecule has 1 aromatic heterocycles. The number of aromatic nitrogens is 1. The number of fused-ring (bicyclic) bond motifs is 1. The van der Waals surface area contributed by atoms with E-state index in [1.54, 1.807) is 6.92 Å². The molecule has 0 bridgehead atoms. The Morgan fingerprint density at radius 2 is 2.25 bits per heavy atom. The lowest BCUT2D eigenvalue weighted by molar-refractivity contribution is 0.561. The Hall–Kier alpha value is -1.58. The average molecular weight is 166 g/mol. The number of aryl methyl sites for hydroxylation is 1. The van der Waals surface area contributed by atoms with Crippen molar-refractivity contribution in [3.05, 3.63) is 23.8 Å². The number of oxazole rings is 1. The van der Waals surface area contributed by atoms with Crippen molar-refractivity contribution in [2.24, 2.45) is 0 Å². The molecule has 1 aromatic carbocycles. The van der Waals surface area contributed by atoms with Gasteiger partial charge in [0, 0.05) is 19.1 Å². The Bertz CT molecular complexity index is 436. The van der Waals surface area contributed by atoms with Crippen LogP contribution in [0.25, 0.3) is 11.1 Å². The molecular formula is C8H7FN2O. The number of rotatable bonds is 0. The van der Waals surface area contributed by atoms with Crippen LogP contribution in [0.3, 0.4) is 0 Å². The van der Waals surface area contributed by atoms with Crippen molar-refractivity contribution in [3.63, 3.8) is 0 Å². The van der Waals surface area contributed by atoms with E-state index in [1.807, 2.05) is 0 Å². The van der Waals surface area contributed by atoms with Gasteiger partial charge in [-0.2, -0.15) is 0 Å². The Morgan fingerprint density at radius 1 is 1.50 bits per heavy atom. The van der Waals surface area contributed by atoms with Crippen molar-refractivity contribution >= 4 is 16.8 Å². The minimum Gasteiger partial charge on any atom is -0.439 e. The van der Waals surface area contributed by atoms with Gasteiger partial charge in [0.2, 0.25) is 0 Å². The minimum atomic E-state index is -0.395. The van der Waals surface area contributed by atoms with Crippen molar-refractivity contribution < 1.29 is 8.81 Å². The third kappa shape index (κ3) is 0.922. The van der Waals surface area contributed by atoms with E-state index in [-0.39, 0.29) is 5.69 Å². The summed E-state index contributed by atoms with van der Waals surface area (Å²) in [5, 5.41) is 0. The van der Waals surface area contributed by atoms with E-state index < -0.39 is 5.82 Å². The third-order valence-electron chi connectivity index (χ3n) is 1.59. The molecule has 0 spiro atoms. The first-order valence-electron chi connectivity index (χ1n) is 3.49. The minimum absolute atomic E-state index is 0.283. The van der Waals surface area contributed by atoms with Crippen LogP contribution < -0.4 is 5.73 Å². The van der Waals surface area contributed by atoms with E-state index in [9.17, 15) is 4.39 Å². The zero-order chi connectivity index (χ0) is 8.72. The van der Waals surface area contributed by atoms with Crippen molar-refractivity contribution in [2.45, 2.75) is 6.92 Å². The van der Waals surface area contributed by atoms with Crippen LogP contribution in [0, 0.1) is 12.7 Å². The molecule has 0 fully saturated rings. The highest BCUT2D eigenvalue weighted by Gasteiger charge is 2.07. The molecule has 0 aliphatic heterocycles. The Labute approximate surface area is 68.0 Å². The van der Waals surface area contributed by atoms with Crippen LogP contribution in [0.5, 0.6) is 0 Å². The molecule has 0 atom stereocenters. The first kappa shape index (κ1) is 7.09. The topological polar surface area (TPSA) is 52.0 Å². The normalized spacial score (nSPS) is 10.8. The van der Waals surface area contributed by atoms with E-state index in [0.717, 1.165) is 0 Å². The molecule has 62 valence electrons. The summed E-state index contributed by atoms with van der Waals surface area (Å²) >= 11 is 0. The van der Waals surface area contributed by atoms with Gasteiger partial charge in [0.05, 0.1) is 5.69 Å². The highest BCUT2D eigenvalue weighted by molar-refractivity contribution is 5.84. The summed E-state index contributed by atoms with van der Waals surface area (Å²) in [6, 6.07) is 2.51. The molecule has 0 unspecified atom stereocenters. The van der Waals surface area contributed by atoms with Gasteiger partial charge < -0.3 is 10.2 Å². The predicted molar refractivity (Wildman–Crippen MR) is 43.1 cm³/mol. The van der Waals surface area contributed by atoms with Crippen molar-refractivity contribution in [2.75, 3.05) is 5.73 Å². The maximum Gasteiger partial charge on any atom is 0.192 e. The fourth-order valence-electron chi connectivity index (χ4n) is 1.13. The summed E-state index contributed by atoms with van der Waals surface area (Å²) in [4.78, 5) is 3.95. The molecule has 12 heavy (non-hydrogen) atoms. The number of nitrogen functional groups attached to an aromatic ring is 1. The Kier molecular flexibility index (Phi) is 1.30. The molecule has 0 aliphatic rings. The Morgan fingerprint density at radius 3 is 3.00 bits per heavy atom. The van der Waals surface area contributed by atoms with Gasteiger partial charge in [0.25, 0.3) is 0 Å². The van der Waals surface area contributed by atoms with Crippen molar-refractivity contribution in [1.29, 1.82) is 0 Å². The molecule has 0 saturated carbocycles. The Balaban J connectivity index is 2.88. The molecule has 2 N–H and O–H groups in total. The van der Waals surface area contributed by atoms with Gasteiger partial charge in [0.15, 0.2) is 11.5 Å². The molecule has 0 saturated heterocycles. The second-order valence-electron chi connectivity index (χ2n) is 2.58. The number of anilines is 1. The number of halogens is 1. The van der Waals surface area contributed by atoms with Crippen molar-refractivity contribution in [3.8, 4) is 0 Å². The lowest BCUT2D eigenvalue weighted by Crippen LogP contribution is -1.86. The number of hydrogen-bond acceptors (Lipinski definition) is 3. The number of nitrogens with two attached hydrogens (primary N) is 1.